The van der Waals surface area contributed by atoms with E-state index in [1.165, 1.54) is 237 Å². The lowest BCUT2D eigenvalue weighted by Crippen LogP contribution is -2.33. The van der Waals surface area contributed by atoms with Crippen molar-refractivity contribution >= 4 is 11.4 Å². The first-order chi connectivity index (χ1) is 31.8. The number of benzene rings is 4. The van der Waals surface area contributed by atoms with Gasteiger partial charge in [0.1, 0.15) is 0 Å². The number of aryl methyl sites for hydroxylation is 2. The van der Waals surface area contributed by atoms with E-state index in [1.54, 1.807) is 0 Å². The molecule has 2 nitrogen and oxygen atoms in total. The number of hydrogen-bond donors (Lipinski definition) is 2. The minimum absolute atomic E-state index is 0.0449. The van der Waals surface area contributed by atoms with Gasteiger partial charge in [0, 0.05) is 28.6 Å². The van der Waals surface area contributed by atoms with Gasteiger partial charge < -0.3 is 11.5 Å². The van der Waals surface area contributed by atoms with E-state index in [2.05, 4.69) is 120 Å². The van der Waals surface area contributed by atoms with Gasteiger partial charge >= 0.3 is 0 Å². The molecule has 1 saturated carbocycles. The molecule has 0 aromatic heterocycles. The average Bonchev–Trinajstić information content (AvgIpc) is 3.31. The molecular weight excluding hydrogens is 785 g/mol. The highest BCUT2D eigenvalue weighted by Gasteiger charge is 2.38. The van der Waals surface area contributed by atoms with Gasteiger partial charge in [-0.05, 0) is 127 Å². The van der Waals surface area contributed by atoms with Crippen molar-refractivity contribution < 1.29 is 0 Å². The second-order valence-electron chi connectivity index (χ2n) is 21.0. The summed E-state index contributed by atoms with van der Waals surface area (Å²) < 4.78 is 0. The van der Waals surface area contributed by atoms with E-state index < -0.39 is 0 Å². The molecule has 0 amide bonds. The second kappa shape index (κ2) is 29.3. The Hall–Kier alpha value is -3.52. The van der Waals surface area contributed by atoms with Gasteiger partial charge in [0.15, 0.2) is 0 Å². The fourth-order valence-corrected chi connectivity index (χ4v) is 11.8. The number of nitrogens with two attached hydrogens (primary N) is 2. The van der Waals surface area contributed by atoms with Crippen LogP contribution >= 0.6 is 0 Å². The third kappa shape index (κ3) is 16.6. The zero-order valence-electron chi connectivity index (χ0n) is 42.7. The number of rotatable bonds is 32. The minimum Gasteiger partial charge on any atom is -0.399 e. The number of unbranched alkanes of at least 4 members (excludes halogenated alkanes) is 20. The van der Waals surface area contributed by atoms with Gasteiger partial charge in [-0.3, -0.25) is 0 Å². The SMILES string of the molecule is CCCCCCCCCCCC(c1ccc(C2(c3ccc(C(CCCCCCCCCCC)c4ccc(N)cc4C)cc3)CCC(CCCCCCC)CC2)cc1)c1ccc(N)cc1C. The van der Waals surface area contributed by atoms with Gasteiger partial charge in [-0.1, -0.05) is 236 Å². The molecule has 1 fully saturated rings. The first kappa shape index (κ1) is 52.4. The summed E-state index contributed by atoms with van der Waals surface area (Å²) in [4.78, 5) is 0. The van der Waals surface area contributed by atoms with Crippen LogP contribution in [0.1, 0.15) is 270 Å². The van der Waals surface area contributed by atoms with Crippen LogP contribution in [-0.4, -0.2) is 0 Å². The number of hydrogen-bond acceptors (Lipinski definition) is 2. The van der Waals surface area contributed by atoms with Gasteiger partial charge in [-0.25, -0.2) is 0 Å². The summed E-state index contributed by atoms with van der Waals surface area (Å²) in [7, 11) is 0. The first-order valence-corrected chi connectivity index (χ1v) is 27.7. The van der Waals surface area contributed by atoms with Gasteiger partial charge in [0.25, 0.3) is 0 Å². The molecule has 0 saturated heterocycles. The van der Waals surface area contributed by atoms with Crippen molar-refractivity contribution in [2.75, 3.05) is 11.5 Å². The Balaban J connectivity index is 1.37. The quantitative estimate of drug-likeness (QED) is 0.0379. The Labute approximate surface area is 401 Å². The van der Waals surface area contributed by atoms with E-state index in [-0.39, 0.29) is 5.41 Å². The molecule has 4 aromatic rings. The van der Waals surface area contributed by atoms with Crippen molar-refractivity contribution in [2.45, 2.75) is 244 Å². The Kier molecular flexibility index (Phi) is 23.6. The number of anilines is 2. The molecule has 0 heterocycles. The molecule has 2 heteroatoms. The summed E-state index contributed by atoms with van der Waals surface area (Å²) in [6, 6.07) is 33.5. The van der Waals surface area contributed by atoms with Crippen molar-refractivity contribution in [3.8, 4) is 0 Å². The largest absolute Gasteiger partial charge is 0.399 e. The van der Waals surface area contributed by atoms with Crippen LogP contribution in [0.5, 0.6) is 0 Å². The smallest absolute Gasteiger partial charge is 0.0316 e. The summed E-state index contributed by atoms with van der Waals surface area (Å²) >= 11 is 0. The van der Waals surface area contributed by atoms with Gasteiger partial charge in [-0.2, -0.15) is 0 Å². The van der Waals surface area contributed by atoms with Gasteiger partial charge in [0.05, 0.1) is 0 Å². The summed E-state index contributed by atoms with van der Waals surface area (Å²) in [6.07, 6.45) is 40.4. The van der Waals surface area contributed by atoms with Crippen LogP contribution < -0.4 is 11.5 Å². The second-order valence-corrected chi connectivity index (χ2v) is 21.0. The first-order valence-electron chi connectivity index (χ1n) is 27.7. The molecule has 0 bridgehead atoms. The molecule has 0 aliphatic heterocycles. The van der Waals surface area contributed by atoms with Crippen LogP contribution in [-0.2, 0) is 5.41 Å². The van der Waals surface area contributed by atoms with Crippen molar-refractivity contribution in [3.05, 3.63) is 129 Å². The van der Waals surface area contributed by atoms with E-state index >= 15 is 0 Å². The molecule has 1 aliphatic carbocycles. The van der Waals surface area contributed by atoms with Crippen molar-refractivity contribution in [2.24, 2.45) is 5.92 Å². The summed E-state index contributed by atoms with van der Waals surface area (Å²) in [5.74, 6) is 1.64. The van der Waals surface area contributed by atoms with E-state index in [0.717, 1.165) is 17.3 Å². The van der Waals surface area contributed by atoms with Crippen molar-refractivity contribution in [1.82, 2.24) is 0 Å². The van der Waals surface area contributed by atoms with Crippen LogP contribution in [0.2, 0.25) is 0 Å². The maximum atomic E-state index is 6.31. The molecule has 65 heavy (non-hydrogen) atoms. The van der Waals surface area contributed by atoms with E-state index in [9.17, 15) is 0 Å². The standard InChI is InChI=1S/C63H96N2/c1-6-9-12-15-17-19-21-24-27-30-61(59-42-40-57(64)48-50(59)4)53-32-36-55(37-33-53)63(46-44-52(45-47-63)29-26-23-14-11-8-3)56-38-34-54(35-39-56)62(60-43-41-58(65)49-51(60)5)31-28-25-22-20-18-16-13-10-7-2/h32-43,48-49,52,61-62H,6-31,44-47,64-65H2,1-5H3. The highest BCUT2D eigenvalue weighted by molar-refractivity contribution is 5.51. The summed E-state index contributed by atoms with van der Waals surface area (Å²) in [5.41, 5.74) is 25.9. The fourth-order valence-electron chi connectivity index (χ4n) is 11.8. The van der Waals surface area contributed by atoms with Gasteiger partial charge in [-0.15, -0.1) is 0 Å². The molecule has 1 aliphatic rings. The summed E-state index contributed by atoms with van der Waals surface area (Å²) in [5, 5.41) is 0. The number of nitrogen functional groups attached to an aromatic ring is 2. The molecule has 4 N–H and O–H groups in total. The van der Waals surface area contributed by atoms with E-state index in [0.29, 0.717) is 11.8 Å². The lowest BCUT2D eigenvalue weighted by atomic mass is 9.62. The topological polar surface area (TPSA) is 52.0 Å². The van der Waals surface area contributed by atoms with E-state index in [1.807, 2.05) is 0 Å². The maximum Gasteiger partial charge on any atom is 0.0316 e. The van der Waals surface area contributed by atoms with Crippen LogP contribution in [0.15, 0.2) is 84.9 Å². The Bertz CT molecular complexity index is 1740. The molecule has 0 spiro atoms. The average molecular weight is 881 g/mol. The summed E-state index contributed by atoms with van der Waals surface area (Å²) in [6.45, 7) is 11.5. The molecule has 358 valence electrons. The molecule has 4 aromatic carbocycles. The monoisotopic (exact) mass is 881 g/mol. The molecular formula is C63H96N2. The lowest BCUT2D eigenvalue weighted by molar-refractivity contribution is 0.250. The minimum atomic E-state index is 0.0449. The predicted molar refractivity (Wildman–Crippen MR) is 288 cm³/mol. The zero-order valence-corrected chi connectivity index (χ0v) is 42.7. The van der Waals surface area contributed by atoms with Crippen LogP contribution in [0.4, 0.5) is 11.4 Å². The third-order valence-corrected chi connectivity index (χ3v) is 15.9. The molecule has 2 atom stereocenters. The normalized spacial score (nSPS) is 17.3. The molecule has 5 rings (SSSR count). The molecule has 0 radical (unpaired) electrons. The van der Waals surface area contributed by atoms with Crippen LogP contribution in [0, 0.1) is 19.8 Å². The molecule has 2 unspecified atom stereocenters. The van der Waals surface area contributed by atoms with E-state index in [4.69, 9.17) is 11.5 Å². The highest BCUT2D eigenvalue weighted by atomic mass is 14.5. The van der Waals surface area contributed by atoms with Crippen molar-refractivity contribution in [1.29, 1.82) is 0 Å². The fraction of sp³-hybridized carbons (Fsp3) is 0.619. The van der Waals surface area contributed by atoms with Crippen LogP contribution in [0.3, 0.4) is 0 Å². The Morgan fingerprint density at radius 3 is 1.12 bits per heavy atom. The van der Waals surface area contributed by atoms with Gasteiger partial charge in [0.2, 0.25) is 0 Å². The Morgan fingerprint density at radius 2 is 0.769 bits per heavy atom. The zero-order chi connectivity index (χ0) is 46.1. The lowest BCUT2D eigenvalue weighted by Gasteiger charge is -2.42. The maximum absolute atomic E-state index is 6.31. The van der Waals surface area contributed by atoms with Crippen molar-refractivity contribution in [3.63, 3.8) is 0 Å². The highest BCUT2D eigenvalue weighted by Crippen LogP contribution is 2.49. The van der Waals surface area contributed by atoms with Crippen LogP contribution in [0.25, 0.3) is 0 Å². The third-order valence-electron chi connectivity index (χ3n) is 15.9. The predicted octanol–water partition coefficient (Wildman–Crippen LogP) is 19.4. The Morgan fingerprint density at radius 1 is 0.431 bits per heavy atom.